The Kier molecular flexibility index (Phi) is 2.04. The monoisotopic (exact) mass is 195 g/mol. The summed E-state index contributed by atoms with van der Waals surface area (Å²) in [6.07, 6.45) is 0.984. The molecule has 0 atom stereocenters. The second kappa shape index (κ2) is 3.21. The predicted molar refractivity (Wildman–Crippen MR) is 48.2 cm³/mol. The van der Waals surface area contributed by atoms with Gasteiger partial charge in [0, 0.05) is 11.5 Å². The zero-order valence-corrected chi connectivity index (χ0v) is 7.42. The van der Waals surface area contributed by atoms with Gasteiger partial charge in [0.25, 0.3) is 0 Å². The number of benzene rings is 1. The van der Waals surface area contributed by atoms with Crippen molar-refractivity contribution in [2.45, 2.75) is 0 Å². The van der Waals surface area contributed by atoms with Crippen LogP contribution in [-0.4, -0.2) is 12.1 Å². The molecular formula is C10H7F2NO. The maximum absolute atomic E-state index is 13.3. The molecule has 0 aliphatic heterocycles. The van der Waals surface area contributed by atoms with Crippen molar-refractivity contribution in [1.82, 2.24) is 4.98 Å². The van der Waals surface area contributed by atoms with E-state index >= 15 is 0 Å². The lowest BCUT2D eigenvalue weighted by atomic mass is 10.2. The molecule has 1 aromatic carbocycles. The lowest BCUT2D eigenvalue weighted by Crippen LogP contribution is -1.89. The summed E-state index contributed by atoms with van der Waals surface area (Å²) in [7, 11) is 1.42. The Morgan fingerprint density at radius 3 is 2.71 bits per heavy atom. The molecule has 0 saturated carbocycles. The van der Waals surface area contributed by atoms with Gasteiger partial charge in [-0.15, -0.1) is 0 Å². The van der Waals surface area contributed by atoms with Crippen LogP contribution in [0.3, 0.4) is 0 Å². The Labute approximate surface area is 79.1 Å². The van der Waals surface area contributed by atoms with Crippen molar-refractivity contribution in [2.24, 2.45) is 0 Å². The van der Waals surface area contributed by atoms with Crippen LogP contribution in [0.15, 0.2) is 24.4 Å². The van der Waals surface area contributed by atoms with Crippen molar-refractivity contribution in [3.8, 4) is 5.75 Å². The normalized spacial score (nSPS) is 10.5. The molecule has 0 N–H and O–H groups in total. The maximum atomic E-state index is 13.3. The van der Waals surface area contributed by atoms with Crippen LogP contribution in [0.2, 0.25) is 0 Å². The standard InChI is InChI=1S/C10H7F2NO/c1-14-8-3-6-2-7(11)5-13-10(6)9(12)4-8/h2-5H,1H3. The number of pyridine rings is 1. The average Bonchev–Trinajstić information content (AvgIpc) is 2.16. The minimum absolute atomic E-state index is 0.146. The highest BCUT2D eigenvalue weighted by atomic mass is 19.1. The first-order valence-corrected chi connectivity index (χ1v) is 3.99. The highest BCUT2D eigenvalue weighted by Crippen LogP contribution is 2.22. The van der Waals surface area contributed by atoms with Crippen molar-refractivity contribution in [3.63, 3.8) is 0 Å². The number of nitrogens with zero attached hydrogens (tertiary/aromatic N) is 1. The van der Waals surface area contributed by atoms with E-state index in [9.17, 15) is 8.78 Å². The summed E-state index contributed by atoms with van der Waals surface area (Å²) in [5.41, 5.74) is 0.146. The molecule has 14 heavy (non-hydrogen) atoms. The molecule has 1 heterocycles. The first kappa shape index (κ1) is 8.87. The molecule has 0 amide bonds. The highest BCUT2D eigenvalue weighted by molar-refractivity contribution is 5.80. The Bertz CT molecular complexity index is 485. The molecule has 1 aromatic heterocycles. The van der Waals surface area contributed by atoms with Gasteiger partial charge in [-0.25, -0.2) is 8.78 Å². The van der Waals surface area contributed by atoms with Gasteiger partial charge in [0.2, 0.25) is 0 Å². The molecule has 2 nitrogen and oxygen atoms in total. The van der Waals surface area contributed by atoms with Crippen LogP contribution >= 0.6 is 0 Å². The predicted octanol–water partition coefficient (Wildman–Crippen LogP) is 2.52. The van der Waals surface area contributed by atoms with E-state index in [4.69, 9.17) is 4.74 Å². The third-order valence-electron chi connectivity index (χ3n) is 1.91. The van der Waals surface area contributed by atoms with Crippen LogP contribution in [-0.2, 0) is 0 Å². The van der Waals surface area contributed by atoms with E-state index in [1.165, 1.54) is 25.3 Å². The Hall–Kier alpha value is -1.71. The number of ether oxygens (including phenoxy) is 1. The Morgan fingerprint density at radius 2 is 2.00 bits per heavy atom. The number of fused-ring (bicyclic) bond motifs is 1. The molecule has 0 unspecified atom stereocenters. The molecule has 0 fully saturated rings. The van der Waals surface area contributed by atoms with Crippen molar-refractivity contribution in [1.29, 1.82) is 0 Å². The second-order valence-electron chi connectivity index (χ2n) is 2.83. The van der Waals surface area contributed by atoms with Gasteiger partial charge < -0.3 is 4.74 Å². The van der Waals surface area contributed by atoms with E-state index in [2.05, 4.69) is 4.98 Å². The lowest BCUT2D eigenvalue weighted by Gasteiger charge is -2.03. The van der Waals surface area contributed by atoms with E-state index < -0.39 is 11.6 Å². The molecule has 0 aliphatic carbocycles. The van der Waals surface area contributed by atoms with E-state index in [1.807, 2.05) is 0 Å². The number of methoxy groups -OCH3 is 1. The van der Waals surface area contributed by atoms with Crippen LogP contribution in [0.4, 0.5) is 8.78 Å². The summed E-state index contributed by atoms with van der Waals surface area (Å²) in [6.45, 7) is 0. The number of halogens is 2. The molecule has 72 valence electrons. The van der Waals surface area contributed by atoms with Gasteiger partial charge in [-0.05, 0) is 12.1 Å². The highest BCUT2D eigenvalue weighted by Gasteiger charge is 2.06. The molecule has 2 rings (SSSR count). The minimum atomic E-state index is -0.514. The lowest BCUT2D eigenvalue weighted by molar-refractivity contribution is 0.412. The summed E-state index contributed by atoms with van der Waals surface area (Å²) in [4.78, 5) is 3.65. The Morgan fingerprint density at radius 1 is 1.21 bits per heavy atom. The van der Waals surface area contributed by atoms with Gasteiger partial charge in [-0.1, -0.05) is 0 Å². The van der Waals surface area contributed by atoms with Crippen LogP contribution in [0.1, 0.15) is 0 Å². The van der Waals surface area contributed by atoms with Crippen molar-refractivity contribution in [3.05, 3.63) is 36.0 Å². The summed E-state index contributed by atoms with van der Waals surface area (Å²) >= 11 is 0. The van der Waals surface area contributed by atoms with Gasteiger partial charge in [-0.3, -0.25) is 4.98 Å². The van der Waals surface area contributed by atoms with Gasteiger partial charge >= 0.3 is 0 Å². The number of hydrogen-bond acceptors (Lipinski definition) is 2. The van der Waals surface area contributed by atoms with Crippen LogP contribution in [0, 0.1) is 11.6 Å². The van der Waals surface area contributed by atoms with E-state index in [1.54, 1.807) is 0 Å². The molecule has 2 aromatic rings. The quantitative estimate of drug-likeness (QED) is 0.697. The number of aromatic nitrogens is 1. The van der Waals surface area contributed by atoms with Crippen molar-refractivity contribution >= 4 is 10.9 Å². The van der Waals surface area contributed by atoms with Crippen LogP contribution in [0.25, 0.3) is 10.9 Å². The van der Waals surface area contributed by atoms with E-state index in [0.717, 1.165) is 6.20 Å². The molecule has 4 heteroatoms. The second-order valence-corrected chi connectivity index (χ2v) is 2.83. The topological polar surface area (TPSA) is 22.1 Å². The summed E-state index contributed by atoms with van der Waals surface area (Å²) in [6, 6.07) is 3.97. The fourth-order valence-corrected chi connectivity index (χ4v) is 1.27. The van der Waals surface area contributed by atoms with Crippen molar-refractivity contribution < 1.29 is 13.5 Å². The molecular weight excluding hydrogens is 188 g/mol. The first-order chi connectivity index (χ1) is 6.70. The third-order valence-corrected chi connectivity index (χ3v) is 1.91. The van der Waals surface area contributed by atoms with Crippen molar-refractivity contribution in [2.75, 3.05) is 7.11 Å². The first-order valence-electron chi connectivity index (χ1n) is 3.99. The fourth-order valence-electron chi connectivity index (χ4n) is 1.27. The van der Waals surface area contributed by atoms with E-state index in [0.29, 0.717) is 11.1 Å². The van der Waals surface area contributed by atoms with Gasteiger partial charge in [0.05, 0.1) is 13.3 Å². The molecule has 0 saturated heterocycles. The molecule has 0 spiro atoms. The number of hydrogen-bond donors (Lipinski definition) is 0. The zero-order chi connectivity index (χ0) is 10.1. The number of rotatable bonds is 1. The maximum Gasteiger partial charge on any atom is 0.153 e. The largest absolute Gasteiger partial charge is 0.497 e. The van der Waals surface area contributed by atoms with E-state index in [-0.39, 0.29) is 5.52 Å². The van der Waals surface area contributed by atoms with Gasteiger partial charge in [0.15, 0.2) is 5.82 Å². The summed E-state index contributed by atoms with van der Waals surface area (Å²) < 4.78 is 30.9. The van der Waals surface area contributed by atoms with Crippen LogP contribution < -0.4 is 4.74 Å². The third kappa shape index (κ3) is 1.39. The van der Waals surface area contributed by atoms with Gasteiger partial charge in [0.1, 0.15) is 17.1 Å². The average molecular weight is 195 g/mol. The molecule has 0 radical (unpaired) electrons. The molecule has 0 aliphatic rings. The minimum Gasteiger partial charge on any atom is -0.497 e. The smallest absolute Gasteiger partial charge is 0.153 e. The summed E-state index contributed by atoms with van der Waals surface area (Å²) in [5.74, 6) is -0.660. The fraction of sp³-hybridized carbons (Fsp3) is 0.100. The zero-order valence-electron chi connectivity index (χ0n) is 7.42. The van der Waals surface area contributed by atoms with Gasteiger partial charge in [-0.2, -0.15) is 0 Å². The SMILES string of the molecule is COc1cc(F)c2ncc(F)cc2c1. The summed E-state index contributed by atoms with van der Waals surface area (Å²) in [5, 5.41) is 0.391. The molecule has 0 bridgehead atoms. The Balaban J connectivity index is 2.77. The van der Waals surface area contributed by atoms with Crippen LogP contribution in [0.5, 0.6) is 5.75 Å².